The van der Waals surface area contributed by atoms with E-state index in [-0.39, 0.29) is 12.5 Å². The fourth-order valence-electron chi connectivity index (χ4n) is 1.87. The smallest absolute Gasteiger partial charge is 0.244 e. The quantitative estimate of drug-likeness (QED) is 0.567. The van der Waals surface area contributed by atoms with Gasteiger partial charge in [-0.15, -0.1) is 0 Å². The number of likely N-dealkylation sites (tertiary alicyclic amines) is 1. The van der Waals surface area contributed by atoms with Gasteiger partial charge in [0.25, 0.3) is 0 Å². The monoisotopic (exact) mass is 254 g/mol. The summed E-state index contributed by atoms with van der Waals surface area (Å²) in [5.74, 6) is 0.869. The average molecular weight is 254 g/mol. The molecule has 0 aliphatic carbocycles. The highest BCUT2D eigenvalue weighted by Crippen LogP contribution is 2.07. The van der Waals surface area contributed by atoms with Crippen molar-refractivity contribution in [2.24, 2.45) is 4.99 Å². The highest BCUT2D eigenvalue weighted by atomic mass is 16.2. The van der Waals surface area contributed by atoms with Crippen molar-refractivity contribution in [1.29, 1.82) is 0 Å². The van der Waals surface area contributed by atoms with E-state index in [2.05, 4.69) is 29.5 Å². The summed E-state index contributed by atoms with van der Waals surface area (Å²) in [5, 5.41) is 6.44. The van der Waals surface area contributed by atoms with Crippen LogP contribution in [0.25, 0.3) is 0 Å². The summed E-state index contributed by atoms with van der Waals surface area (Å²) in [7, 11) is 0. The van der Waals surface area contributed by atoms with Crippen molar-refractivity contribution < 1.29 is 4.79 Å². The lowest BCUT2D eigenvalue weighted by atomic mass is 10.3. The summed E-state index contributed by atoms with van der Waals surface area (Å²) >= 11 is 0. The number of hydrogen-bond donors (Lipinski definition) is 2. The molecule has 1 atom stereocenters. The van der Waals surface area contributed by atoms with Crippen LogP contribution in [0.4, 0.5) is 0 Å². The summed E-state index contributed by atoms with van der Waals surface area (Å²) < 4.78 is 0. The molecule has 0 saturated carbocycles. The molecule has 1 heterocycles. The number of aliphatic imine (C=N–C) groups is 1. The van der Waals surface area contributed by atoms with Crippen LogP contribution >= 0.6 is 0 Å². The van der Waals surface area contributed by atoms with Crippen molar-refractivity contribution in [1.82, 2.24) is 15.5 Å². The first-order valence-corrected chi connectivity index (χ1v) is 7.00. The second-order valence-corrected chi connectivity index (χ2v) is 4.74. The van der Waals surface area contributed by atoms with E-state index in [1.807, 2.05) is 11.8 Å². The Hall–Kier alpha value is -1.26. The molecular formula is C13H26N4O. The Morgan fingerprint density at radius 1 is 1.33 bits per heavy atom. The van der Waals surface area contributed by atoms with Crippen molar-refractivity contribution in [3.8, 4) is 0 Å². The lowest BCUT2D eigenvalue weighted by Crippen LogP contribution is -2.42. The Labute approximate surface area is 110 Å². The maximum atomic E-state index is 11.9. The predicted octanol–water partition coefficient (Wildman–Crippen LogP) is 0.962. The number of hydrogen-bond acceptors (Lipinski definition) is 2. The van der Waals surface area contributed by atoms with Gasteiger partial charge in [-0.1, -0.05) is 6.92 Å². The third kappa shape index (κ3) is 4.94. The first-order chi connectivity index (χ1) is 8.67. The van der Waals surface area contributed by atoms with Gasteiger partial charge in [-0.2, -0.15) is 0 Å². The zero-order valence-electron chi connectivity index (χ0n) is 11.8. The van der Waals surface area contributed by atoms with Gasteiger partial charge in [0.1, 0.15) is 6.54 Å². The molecule has 0 aromatic carbocycles. The Morgan fingerprint density at radius 2 is 2.00 bits per heavy atom. The molecule has 1 saturated heterocycles. The molecule has 1 fully saturated rings. The zero-order valence-corrected chi connectivity index (χ0v) is 11.8. The van der Waals surface area contributed by atoms with E-state index in [0.29, 0.717) is 6.04 Å². The first kappa shape index (κ1) is 14.8. The van der Waals surface area contributed by atoms with Crippen LogP contribution in [0, 0.1) is 0 Å². The van der Waals surface area contributed by atoms with Crippen molar-refractivity contribution >= 4 is 11.9 Å². The number of amides is 1. The highest BCUT2D eigenvalue weighted by molar-refractivity contribution is 5.85. The van der Waals surface area contributed by atoms with Crippen LogP contribution in [0.15, 0.2) is 4.99 Å². The number of carbonyl (C=O) groups excluding carboxylic acids is 1. The van der Waals surface area contributed by atoms with Crippen LogP contribution in [0.2, 0.25) is 0 Å². The fourth-order valence-corrected chi connectivity index (χ4v) is 1.87. The Balaban J connectivity index is 2.45. The summed E-state index contributed by atoms with van der Waals surface area (Å²) in [4.78, 5) is 18.1. The molecular weight excluding hydrogens is 228 g/mol. The molecule has 1 aliphatic rings. The van der Waals surface area contributed by atoms with Gasteiger partial charge in [-0.05, 0) is 33.1 Å². The summed E-state index contributed by atoms with van der Waals surface area (Å²) in [6, 6.07) is 0.365. The van der Waals surface area contributed by atoms with Gasteiger partial charge in [-0.25, -0.2) is 4.99 Å². The van der Waals surface area contributed by atoms with Crippen LogP contribution in [-0.4, -0.2) is 49.0 Å². The van der Waals surface area contributed by atoms with Gasteiger partial charge < -0.3 is 15.5 Å². The van der Waals surface area contributed by atoms with Gasteiger partial charge in [0.15, 0.2) is 5.96 Å². The Kier molecular flexibility index (Phi) is 6.54. The van der Waals surface area contributed by atoms with E-state index >= 15 is 0 Å². The standard InChI is InChI=1S/C13H26N4O/c1-4-11(3)16-13(14-5-2)15-10-12(18)17-8-6-7-9-17/h11H,4-10H2,1-3H3,(H2,14,15,16). The maximum absolute atomic E-state index is 11.9. The van der Waals surface area contributed by atoms with E-state index in [4.69, 9.17) is 0 Å². The minimum atomic E-state index is 0.133. The van der Waals surface area contributed by atoms with E-state index in [9.17, 15) is 4.79 Å². The molecule has 2 N–H and O–H groups in total. The SMILES string of the molecule is CCNC(=NCC(=O)N1CCCC1)NC(C)CC. The number of guanidine groups is 1. The van der Waals surface area contributed by atoms with E-state index in [0.717, 1.165) is 44.9 Å². The lowest BCUT2D eigenvalue weighted by Gasteiger charge is -2.17. The van der Waals surface area contributed by atoms with Gasteiger partial charge in [0.2, 0.25) is 5.91 Å². The second-order valence-electron chi connectivity index (χ2n) is 4.74. The van der Waals surface area contributed by atoms with Crippen LogP contribution in [0.1, 0.15) is 40.0 Å². The van der Waals surface area contributed by atoms with Gasteiger partial charge >= 0.3 is 0 Å². The molecule has 1 unspecified atom stereocenters. The predicted molar refractivity (Wildman–Crippen MR) is 74.7 cm³/mol. The van der Waals surface area contributed by atoms with Gasteiger partial charge in [0, 0.05) is 25.7 Å². The van der Waals surface area contributed by atoms with Gasteiger partial charge in [0.05, 0.1) is 0 Å². The van der Waals surface area contributed by atoms with Crippen LogP contribution in [-0.2, 0) is 4.79 Å². The molecule has 0 bridgehead atoms. The first-order valence-electron chi connectivity index (χ1n) is 7.00. The summed E-state index contributed by atoms with van der Waals surface area (Å²) in [6.07, 6.45) is 3.28. The maximum Gasteiger partial charge on any atom is 0.244 e. The highest BCUT2D eigenvalue weighted by Gasteiger charge is 2.17. The minimum absolute atomic E-state index is 0.133. The fraction of sp³-hybridized carbons (Fsp3) is 0.846. The molecule has 1 aliphatic heterocycles. The second kappa shape index (κ2) is 7.95. The normalized spacial score (nSPS) is 17.7. The molecule has 0 aromatic rings. The van der Waals surface area contributed by atoms with Crippen LogP contribution in [0.5, 0.6) is 0 Å². The molecule has 5 nitrogen and oxygen atoms in total. The lowest BCUT2D eigenvalue weighted by molar-refractivity contribution is -0.128. The molecule has 0 spiro atoms. The van der Waals surface area contributed by atoms with Crippen LogP contribution in [0.3, 0.4) is 0 Å². The van der Waals surface area contributed by atoms with Gasteiger partial charge in [-0.3, -0.25) is 4.79 Å². The number of nitrogens with zero attached hydrogens (tertiary/aromatic N) is 2. The van der Waals surface area contributed by atoms with Crippen LogP contribution < -0.4 is 10.6 Å². The Morgan fingerprint density at radius 3 is 2.56 bits per heavy atom. The van der Waals surface area contributed by atoms with E-state index < -0.39 is 0 Å². The summed E-state index contributed by atoms with van der Waals surface area (Å²) in [5.41, 5.74) is 0. The number of rotatable bonds is 5. The van der Waals surface area contributed by atoms with E-state index in [1.54, 1.807) is 0 Å². The molecule has 5 heteroatoms. The van der Waals surface area contributed by atoms with Crippen molar-refractivity contribution in [3.63, 3.8) is 0 Å². The molecule has 104 valence electrons. The summed E-state index contributed by atoms with van der Waals surface area (Å²) in [6.45, 7) is 9.08. The molecule has 0 aromatic heterocycles. The Bertz CT molecular complexity index is 285. The molecule has 1 rings (SSSR count). The van der Waals surface area contributed by atoms with Crippen molar-refractivity contribution in [2.75, 3.05) is 26.2 Å². The minimum Gasteiger partial charge on any atom is -0.357 e. The molecule has 1 amide bonds. The van der Waals surface area contributed by atoms with Crippen molar-refractivity contribution in [3.05, 3.63) is 0 Å². The topological polar surface area (TPSA) is 56.7 Å². The zero-order chi connectivity index (χ0) is 13.4. The largest absolute Gasteiger partial charge is 0.357 e. The molecule has 0 radical (unpaired) electrons. The van der Waals surface area contributed by atoms with Crippen molar-refractivity contribution in [2.45, 2.75) is 46.1 Å². The third-order valence-corrected chi connectivity index (χ3v) is 3.17. The average Bonchev–Trinajstić information content (AvgIpc) is 2.89. The van der Waals surface area contributed by atoms with E-state index in [1.165, 1.54) is 0 Å². The number of carbonyl (C=O) groups is 1. The number of nitrogens with one attached hydrogen (secondary N) is 2. The third-order valence-electron chi connectivity index (χ3n) is 3.17. The molecule has 18 heavy (non-hydrogen) atoms.